The number of aromatic carboxylic acids is 1. The van der Waals surface area contributed by atoms with Gasteiger partial charge in [-0.05, 0) is 59.1 Å². The minimum Gasteiger partial charge on any atom is -0.545 e. The second kappa shape index (κ2) is 6.54. The van der Waals surface area contributed by atoms with Crippen LogP contribution in [0, 0.1) is 22.0 Å². The summed E-state index contributed by atoms with van der Waals surface area (Å²) in [5.74, 6) is -0.253. The predicted molar refractivity (Wildman–Crippen MR) is 114 cm³/mol. The van der Waals surface area contributed by atoms with E-state index < -0.39 is 5.97 Å². The van der Waals surface area contributed by atoms with Crippen LogP contribution >= 0.6 is 0 Å². The Morgan fingerprint density at radius 1 is 1.03 bits per heavy atom. The zero-order chi connectivity index (χ0) is 21.3. The van der Waals surface area contributed by atoms with Crippen LogP contribution in [0.25, 0.3) is 0 Å². The molecule has 0 unspecified atom stereocenters. The van der Waals surface area contributed by atoms with Crippen molar-refractivity contribution < 1.29 is 14.8 Å². The van der Waals surface area contributed by atoms with Crippen LogP contribution in [0.15, 0.2) is 60.7 Å². The Labute approximate surface area is 179 Å². The van der Waals surface area contributed by atoms with Crippen molar-refractivity contribution in [3.8, 4) is 0 Å². The molecule has 0 saturated carbocycles. The lowest BCUT2D eigenvalue weighted by molar-refractivity contribution is -0.384. The molecule has 2 aromatic rings. The van der Waals surface area contributed by atoms with Gasteiger partial charge >= 0.3 is 0 Å². The van der Waals surface area contributed by atoms with Gasteiger partial charge in [0.1, 0.15) is 0 Å². The van der Waals surface area contributed by atoms with Gasteiger partial charge in [-0.1, -0.05) is 36.4 Å². The molecule has 6 heteroatoms. The van der Waals surface area contributed by atoms with Crippen LogP contribution in [0.5, 0.6) is 0 Å². The van der Waals surface area contributed by atoms with Gasteiger partial charge in [0.25, 0.3) is 5.69 Å². The largest absolute Gasteiger partial charge is 0.545 e. The molecule has 6 nitrogen and oxygen atoms in total. The number of rotatable bonds is 3. The van der Waals surface area contributed by atoms with Crippen molar-refractivity contribution in [1.29, 1.82) is 0 Å². The van der Waals surface area contributed by atoms with Gasteiger partial charge in [-0.15, -0.1) is 0 Å². The lowest BCUT2D eigenvalue weighted by Crippen LogP contribution is -2.46. The highest BCUT2D eigenvalue weighted by Gasteiger charge is 2.48. The van der Waals surface area contributed by atoms with Gasteiger partial charge in [-0.25, -0.2) is 0 Å². The first-order valence-electron chi connectivity index (χ1n) is 10.8. The zero-order valence-corrected chi connectivity index (χ0v) is 16.8. The summed E-state index contributed by atoms with van der Waals surface area (Å²) in [5, 5.41) is 23.2. The van der Waals surface area contributed by atoms with Crippen molar-refractivity contribution in [3.63, 3.8) is 0 Å². The first-order valence-corrected chi connectivity index (χ1v) is 10.8. The Hall–Kier alpha value is -3.41. The first kappa shape index (κ1) is 18.4. The molecular formula is C25H21N2O4-. The summed E-state index contributed by atoms with van der Waals surface area (Å²) >= 11 is 0. The molecule has 2 aromatic carbocycles. The third kappa shape index (κ3) is 2.60. The number of hydrogen-bond acceptors (Lipinski definition) is 5. The number of carbonyl (C=O) groups is 1. The number of fused-ring (bicyclic) bond motifs is 4. The van der Waals surface area contributed by atoms with E-state index in [1.54, 1.807) is 24.3 Å². The quantitative estimate of drug-likeness (QED) is 0.433. The monoisotopic (exact) mass is 413 g/mol. The summed E-state index contributed by atoms with van der Waals surface area (Å²) in [5.41, 5.74) is 4.52. The predicted octanol–water partition coefficient (Wildman–Crippen LogP) is 3.85. The molecular weight excluding hydrogens is 392 g/mol. The van der Waals surface area contributed by atoms with Crippen LogP contribution in [0.4, 0.5) is 11.4 Å². The van der Waals surface area contributed by atoms with E-state index in [-0.39, 0.29) is 40.0 Å². The molecule has 6 rings (SSSR count). The van der Waals surface area contributed by atoms with Crippen molar-refractivity contribution in [2.75, 3.05) is 11.4 Å². The van der Waals surface area contributed by atoms with Gasteiger partial charge in [0.05, 0.1) is 16.9 Å². The molecule has 2 aliphatic heterocycles. The summed E-state index contributed by atoms with van der Waals surface area (Å²) in [4.78, 5) is 25.3. The van der Waals surface area contributed by atoms with E-state index in [0.717, 1.165) is 41.8 Å². The number of allylic oxidation sites excluding steroid dienone is 4. The highest BCUT2D eigenvalue weighted by molar-refractivity contribution is 5.89. The molecule has 0 aromatic heterocycles. The van der Waals surface area contributed by atoms with Gasteiger partial charge in [-0.3, -0.25) is 10.1 Å². The third-order valence-electron chi connectivity index (χ3n) is 7.51. The van der Waals surface area contributed by atoms with E-state index in [0.29, 0.717) is 5.92 Å². The molecule has 0 radical (unpaired) electrons. The lowest BCUT2D eigenvalue weighted by atomic mass is 9.70. The van der Waals surface area contributed by atoms with E-state index in [2.05, 4.69) is 29.2 Å². The number of anilines is 1. The molecule has 5 atom stereocenters. The van der Waals surface area contributed by atoms with Gasteiger partial charge < -0.3 is 14.8 Å². The fourth-order valence-electron chi connectivity index (χ4n) is 6.30. The molecule has 4 aliphatic rings. The number of nitro groups is 1. The average molecular weight is 413 g/mol. The Morgan fingerprint density at radius 2 is 1.77 bits per heavy atom. The van der Waals surface area contributed by atoms with Crippen molar-refractivity contribution in [2.45, 2.75) is 30.7 Å². The Morgan fingerprint density at radius 3 is 2.55 bits per heavy atom. The fourth-order valence-corrected chi connectivity index (χ4v) is 6.30. The number of non-ortho nitro benzene ring substituents is 1. The van der Waals surface area contributed by atoms with Crippen molar-refractivity contribution >= 4 is 17.3 Å². The summed E-state index contributed by atoms with van der Waals surface area (Å²) in [6.07, 6.45) is 10.6. The van der Waals surface area contributed by atoms with Crippen LogP contribution < -0.4 is 10.0 Å². The Bertz CT molecular complexity index is 1170. The topological polar surface area (TPSA) is 86.5 Å². The highest BCUT2D eigenvalue weighted by Crippen LogP contribution is 2.59. The van der Waals surface area contributed by atoms with E-state index >= 15 is 0 Å². The molecule has 2 aliphatic carbocycles. The molecule has 0 amide bonds. The average Bonchev–Trinajstić information content (AvgIpc) is 3.43. The molecule has 0 fully saturated rings. The van der Waals surface area contributed by atoms with E-state index in [4.69, 9.17) is 0 Å². The first-order chi connectivity index (χ1) is 15.0. The van der Waals surface area contributed by atoms with Crippen LogP contribution in [-0.2, 0) is 0 Å². The maximum absolute atomic E-state index is 11.8. The van der Waals surface area contributed by atoms with Crippen molar-refractivity contribution in [3.05, 3.63) is 93.1 Å². The van der Waals surface area contributed by atoms with Gasteiger partial charge in [-0.2, -0.15) is 0 Å². The minimum atomic E-state index is -1.14. The Balaban J connectivity index is 1.58. The second-order valence-electron chi connectivity index (χ2n) is 9.04. The molecule has 0 spiro atoms. The van der Waals surface area contributed by atoms with E-state index in [1.807, 2.05) is 6.07 Å². The number of hydrogen-bond donors (Lipinski definition) is 0. The molecule has 0 bridgehead atoms. The van der Waals surface area contributed by atoms with Gasteiger partial charge in [0, 0.05) is 36.2 Å². The standard InChI is InChI=1S/C25H22N2O4/c28-25(29)16-11-21-18-7-2-5-15(18)13-26-23(14-4-1-6-17(10-14)27(30)31)20-9-3-8-19(20)22(12-16)24(21)26/h1-4,6-8,10-12,15,18-20,23H,5,9,13H2,(H,28,29)/p-1/t15-,18+,19+,20+,23+/m1/s1. The number of carboxylic acids is 1. The van der Waals surface area contributed by atoms with Crippen molar-refractivity contribution in [2.24, 2.45) is 11.8 Å². The third-order valence-corrected chi connectivity index (χ3v) is 7.51. The van der Waals surface area contributed by atoms with E-state index in [9.17, 15) is 20.0 Å². The van der Waals surface area contributed by atoms with Crippen LogP contribution in [-0.4, -0.2) is 17.4 Å². The van der Waals surface area contributed by atoms with Gasteiger partial charge in [0.2, 0.25) is 0 Å². The maximum Gasteiger partial charge on any atom is 0.269 e. The van der Waals surface area contributed by atoms with Crippen LogP contribution in [0.2, 0.25) is 0 Å². The highest BCUT2D eigenvalue weighted by atomic mass is 16.6. The molecule has 0 N–H and O–H groups in total. The molecule has 31 heavy (non-hydrogen) atoms. The lowest BCUT2D eigenvalue weighted by Gasteiger charge is -2.51. The fraction of sp³-hybridized carbons (Fsp3) is 0.320. The summed E-state index contributed by atoms with van der Waals surface area (Å²) in [6.45, 7) is 0.860. The number of carboxylic acid groups (broad SMARTS) is 1. The van der Waals surface area contributed by atoms with Crippen LogP contribution in [0.1, 0.15) is 57.8 Å². The number of benzene rings is 2. The SMILES string of the molecule is O=C([O-])c1cc2c3c(c1)[C@H]1C=CC[C@@H]1[C@H](c1cccc([N+](=O)[O-])c1)N3C[C@H]1CC=C[C@H]21. The zero-order valence-electron chi connectivity index (χ0n) is 16.8. The molecule has 0 saturated heterocycles. The Kier molecular flexibility index (Phi) is 3.88. The van der Waals surface area contributed by atoms with E-state index in [1.165, 1.54) is 6.07 Å². The normalized spacial score (nSPS) is 29.4. The number of carbonyl (C=O) groups excluding carboxylic acids is 1. The summed E-state index contributed by atoms with van der Waals surface area (Å²) in [6, 6.07) is 10.6. The van der Waals surface area contributed by atoms with Crippen molar-refractivity contribution in [1.82, 2.24) is 0 Å². The summed E-state index contributed by atoms with van der Waals surface area (Å²) in [7, 11) is 0. The minimum absolute atomic E-state index is 0.0153. The molecule has 2 heterocycles. The second-order valence-corrected chi connectivity index (χ2v) is 9.04. The smallest absolute Gasteiger partial charge is 0.269 e. The molecule has 156 valence electrons. The summed E-state index contributed by atoms with van der Waals surface area (Å²) < 4.78 is 0. The number of nitro benzene ring substituents is 1. The maximum atomic E-state index is 11.8. The van der Waals surface area contributed by atoms with Gasteiger partial charge in [0.15, 0.2) is 0 Å². The number of nitrogens with zero attached hydrogens (tertiary/aromatic N) is 2. The van der Waals surface area contributed by atoms with Crippen LogP contribution in [0.3, 0.4) is 0 Å².